The summed E-state index contributed by atoms with van der Waals surface area (Å²) in [5.41, 5.74) is 5.10. The fourth-order valence-electron chi connectivity index (χ4n) is 2.62. The molecule has 24 heavy (non-hydrogen) atoms. The maximum Gasteiger partial charge on any atom is 0.240 e. The monoisotopic (exact) mass is 324 g/mol. The van der Waals surface area contributed by atoms with E-state index in [0.29, 0.717) is 6.54 Å². The summed E-state index contributed by atoms with van der Waals surface area (Å²) in [6.07, 6.45) is 0. The van der Waals surface area contributed by atoms with E-state index in [-0.39, 0.29) is 18.4 Å². The zero-order valence-electron chi connectivity index (χ0n) is 14.7. The fourth-order valence-corrected chi connectivity index (χ4v) is 2.62. The maximum absolute atomic E-state index is 12.3. The quantitative estimate of drug-likeness (QED) is 0.917. The Morgan fingerprint density at radius 2 is 1.75 bits per heavy atom. The number of benzene rings is 2. The Hall–Kier alpha value is -2.62. The van der Waals surface area contributed by atoms with Gasteiger partial charge in [-0.1, -0.05) is 42.0 Å². The van der Waals surface area contributed by atoms with Gasteiger partial charge < -0.3 is 10.2 Å². The van der Waals surface area contributed by atoms with E-state index in [2.05, 4.69) is 5.32 Å². The zero-order valence-corrected chi connectivity index (χ0v) is 14.7. The minimum atomic E-state index is -0.174. The molecule has 4 nitrogen and oxygen atoms in total. The van der Waals surface area contributed by atoms with Gasteiger partial charge in [0.15, 0.2) is 0 Å². The maximum atomic E-state index is 12.3. The molecule has 2 amide bonds. The first-order valence-corrected chi connectivity index (χ1v) is 8.05. The molecule has 2 aromatic rings. The van der Waals surface area contributed by atoms with Crippen molar-refractivity contribution in [3.8, 4) is 0 Å². The molecule has 0 spiro atoms. The predicted octanol–water partition coefficient (Wildman–Crippen LogP) is 3.28. The minimum absolute atomic E-state index is 0.0193. The van der Waals surface area contributed by atoms with Crippen LogP contribution >= 0.6 is 0 Å². The highest BCUT2D eigenvalue weighted by atomic mass is 16.2. The van der Waals surface area contributed by atoms with Gasteiger partial charge in [-0.25, -0.2) is 0 Å². The van der Waals surface area contributed by atoms with E-state index in [0.717, 1.165) is 27.9 Å². The summed E-state index contributed by atoms with van der Waals surface area (Å²) in [5.74, 6) is -0.318. The Kier molecular flexibility index (Phi) is 5.74. The Bertz CT molecular complexity index is 753. The van der Waals surface area contributed by atoms with Gasteiger partial charge in [0.25, 0.3) is 0 Å². The first-order chi connectivity index (χ1) is 11.4. The second kappa shape index (κ2) is 7.77. The van der Waals surface area contributed by atoms with E-state index < -0.39 is 0 Å². The molecule has 0 aliphatic carbocycles. The second-order valence-electron chi connectivity index (χ2n) is 6.09. The minimum Gasteiger partial charge on any atom is -0.350 e. The lowest BCUT2D eigenvalue weighted by Gasteiger charge is -2.23. The molecule has 2 rings (SSSR count). The van der Waals surface area contributed by atoms with Crippen molar-refractivity contribution in [2.75, 3.05) is 11.4 Å². The molecule has 0 atom stereocenters. The smallest absolute Gasteiger partial charge is 0.240 e. The van der Waals surface area contributed by atoms with Crippen molar-refractivity contribution < 1.29 is 9.59 Å². The Labute approximate surface area is 143 Å². The van der Waals surface area contributed by atoms with Crippen molar-refractivity contribution in [3.63, 3.8) is 0 Å². The topological polar surface area (TPSA) is 49.4 Å². The van der Waals surface area contributed by atoms with E-state index >= 15 is 0 Å². The van der Waals surface area contributed by atoms with Gasteiger partial charge in [0.05, 0.1) is 0 Å². The van der Waals surface area contributed by atoms with E-state index in [4.69, 9.17) is 0 Å². The summed E-state index contributed by atoms with van der Waals surface area (Å²) in [6.45, 7) is 7.93. The average molecular weight is 324 g/mol. The summed E-state index contributed by atoms with van der Waals surface area (Å²) in [6, 6.07) is 13.8. The molecule has 0 unspecified atom stereocenters. The largest absolute Gasteiger partial charge is 0.350 e. The van der Waals surface area contributed by atoms with Gasteiger partial charge in [0.1, 0.15) is 6.54 Å². The number of carbonyl (C=O) groups excluding carboxylic acids is 2. The van der Waals surface area contributed by atoms with E-state index in [1.54, 1.807) is 0 Å². The standard InChI is InChI=1S/C20H24N2O2/c1-14-7-5-9-18(11-14)12-21-20(24)13-22(17(4)23)19-10-6-8-15(2)16(19)3/h5-11H,12-13H2,1-4H3,(H,21,24). The fraction of sp³-hybridized carbons (Fsp3) is 0.300. The first kappa shape index (κ1) is 17.7. The Balaban J connectivity index is 2.06. The van der Waals surface area contributed by atoms with Crippen LogP contribution in [0.25, 0.3) is 0 Å². The van der Waals surface area contributed by atoms with Crippen molar-refractivity contribution in [2.24, 2.45) is 0 Å². The van der Waals surface area contributed by atoms with Crippen LogP contribution in [0, 0.1) is 20.8 Å². The molecule has 0 fully saturated rings. The highest BCUT2D eigenvalue weighted by Gasteiger charge is 2.18. The zero-order chi connectivity index (χ0) is 17.7. The van der Waals surface area contributed by atoms with Crippen LogP contribution in [-0.4, -0.2) is 18.4 Å². The number of hydrogen-bond acceptors (Lipinski definition) is 2. The van der Waals surface area contributed by atoms with Crippen LogP contribution in [-0.2, 0) is 16.1 Å². The number of nitrogens with one attached hydrogen (secondary N) is 1. The van der Waals surface area contributed by atoms with Crippen LogP contribution in [0.1, 0.15) is 29.2 Å². The lowest BCUT2D eigenvalue weighted by Crippen LogP contribution is -2.40. The third-order valence-corrected chi connectivity index (χ3v) is 4.12. The molecule has 0 bridgehead atoms. The van der Waals surface area contributed by atoms with Gasteiger partial charge in [0, 0.05) is 19.2 Å². The van der Waals surface area contributed by atoms with E-state index in [1.165, 1.54) is 11.8 Å². The first-order valence-electron chi connectivity index (χ1n) is 8.05. The lowest BCUT2D eigenvalue weighted by atomic mass is 10.1. The molecule has 0 aromatic heterocycles. The van der Waals surface area contributed by atoms with E-state index in [1.807, 2.05) is 63.2 Å². The highest BCUT2D eigenvalue weighted by molar-refractivity contribution is 5.98. The summed E-state index contributed by atoms with van der Waals surface area (Å²) < 4.78 is 0. The summed E-state index contributed by atoms with van der Waals surface area (Å²) in [4.78, 5) is 25.8. The molecular weight excluding hydrogens is 300 g/mol. The number of rotatable bonds is 5. The highest BCUT2D eigenvalue weighted by Crippen LogP contribution is 2.22. The molecule has 0 saturated carbocycles. The van der Waals surface area contributed by atoms with Crippen molar-refractivity contribution in [1.82, 2.24) is 5.32 Å². The lowest BCUT2D eigenvalue weighted by molar-refractivity contribution is -0.123. The molecule has 4 heteroatoms. The number of nitrogens with zero attached hydrogens (tertiary/aromatic N) is 1. The van der Waals surface area contributed by atoms with Crippen LogP contribution in [0.4, 0.5) is 5.69 Å². The number of carbonyl (C=O) groups is 2. The molecule has 0 saturated heterocycles. The second-order valence-corrected chi connectivity index (χ2v) is 6.09. The average Bonchev–Trinajstić information content (AvgIpc) is 2.53. The third-order valence-electron chi connectivity index (χ3n) is 4.12. The number of hydrogen-bond donors (Lipinski definition) is 1. The number of anilines is 1. The van der Waals surface area contributed by atoms with Crippen LogP contribution in [0.5, 0.6) is 0 Å². The van der Waals surface area contributed by atoms with Crippen molar-refractivity contribution in [1.29, 1.82) is 0 Å². The predicted molar refractivity (Wildman–Crippen MR) is 97.0 cm³/mol. The van der Waals surface area contributed by atoms with E-state index in [9.17, 15) is 9.59 Å². The van der Waals surface area contributed by atoms with Crippen molar-refractivity contribution in [2.45, 2.75) is 34.2 Å². The van der Waals surface area contributed by atoms with Gasteiger partial charge in [-0.3, -0.25) is 9.59 Å². The van der Waals surface area contributed by atoms with Gasteiger partial charge in [-0.2, -0.15) is 0 Å². The molecule has 126 valence electrons. The molecule has 2 aromatic carbocycles. The van der Waals surface area contributed by atoms with Crippen LogP contribution in [0.15, 0.2) is 42.5 Å². The van der Waals surface area contributed by atoms with Gasteiger partial charge >= 0.3 is 0 Å². The normalized spacial score (nSPS) is 10.3. The van der Waals surface area contributed by atoms with Crippen LogP contribution in [0.3, 0.4) is 0 Å². The van der Waals surface area contributed by atoms with Crippen molar-refractivity contribution in [3.05, 3.63) is 64.7 Å². The summed E-state index contributed by atoms with van der Waals surface area (Å²) in [7, 11) is 0. The SMILES string of the molecule is CC(=O)N(CC(=O)NCc1cccc(C)c1)c1cccc(C)c1C. The molecule has 0 heterocycles. The van der Waals surface area contributed by atoms with Crippen molar-refractivity contribution >= 4 is 17.5 Å². The summed E-state index contributed by atoms with van der Waals surface area (Å²) >= 11 is 0. The Morgan fingerprint density at radius 3 is 2.42 bits per heavy atom. The molecule has 1 N–H and O–H groups in total. The number of aryl methyl sites for hydroxylation is 2. The Morgan fingerprint density at radius 1 is 1.04 bits per heavy atom. The molecule has 0 radical (unpaired) electrons. The number of amides is 2. The van der Waals surface area contributed by atoms with Crippen LogP contribution < -0.4 is 10.2 Å². The van der Waals surface area contributed by atoms with Gasteiger partial charge in [-0.05, 0) is 43.5 Å². The van der Waals surface area contributed by atoms with Crippen LogP contribution in [0.2, 0.25) is 0 Å². The van der Waals surface area contributed by atoms with Gasteiger partial charge in [-0.15, -0.1) is 0 Å². The third kappa shape index (κ3) is 4.44. The molecular formula is C20H24N2O2. The molecule has 0 aliphatic heterocycles. The summed E-state index contributed by atoms with van der Waals surface area (Å²) in [5, 5.41) is 2.88. The molecule has 0 aliphatic rings. The van der Waals surface area contributed by atoms with Gasteiger partial charge in [0.2, 0.25) is 11.8 Å².